The molecule has 25 heavy (non-hydrogen) atoms. The van der Waals surface area contributed by atoms with Gasteiger partial charge in [-0.15, -0.1) is 24.4 Å². The lowest BCUT2D eigenvalue weighted by Gasteiger charge is -2.11. The van der Waals surface area contributed by atoms with Gasteiger partial charge >= 0.3 is 12.1 Å². The Bertz CT molecular complexity index is 793. The van der Waals surface area contributed by atoms with Gasteiger partial charge < -0.3 is 10.6 Å². The van der Waals surface area contributed by atoms with Crippen LogP contribution in [-0.2, 0) is 4.79 Å². The molecule has 0 aliphatic heterocycles. The minimum atomic E-state index is -4.96. The van der Waals surface area contributed by atoms with E-state index in [9.17, 15) is 22.8 Å². The van der Waals surface area contributed by atoms with E-state index in [4.69, 9.17) is 0 Å². The molecule has 0 saturated heterocycles. The van der Waals surface area contributed by atoms with Crippen LogP contribution in [0.1, 0.15) is 10.4 Å². The summed E-state index contributed by atoms with van der Waals surface area (Å²) in [5, 5.41) is 4.38. The Labute approximate surface area is 151 Å². The summed E-state index contributed by atoms with van der Waals surface area (Å²) < 4.78 is 36.6. The van der Waals surface area contributed by atoms with Crippen molar-refractivity contribution in [3.05, 3.63) is 48.0 Å². The number of carbonyl (C=O) groups excluding carboxylic acids is 2. The van der Waals surface area contributed by atoms with Crippen LogP contribution >= 0.6 is 24.4 Å². The number of halogens is 3. The van der Waals surface area contributed by atoms with E-state index in [1.54, 1.807) is 23.5 Å². The molecule has 0 unspecified atom stereocenters. The van der Waals surface area contributed by atoms with Crippen LogP contribution in [-0.4, -0.2) is 24.2 Å². The molecule has 132 valence electrons. The average Bonchev–Trinajstić information content (AvgIpc) is 2.55. The molecule has 0 fully saturated rings. The lowest BCUT2D eigenvalue weighted by atomic mass is 10.2. The highest BCUT2D eigenvalue weighted by molar-refractivity contribution is 7.99. The van der Waals surface area contributed by atoms with Crippen molar-refractivity contribution < 1.29 is 22.8 Å². The van der Waals surface area contributed by atoms with Crippen molar-refractivity contribution in [2.45, 2.75) is 16.0 Å². The smallest absolute Gasteiger partial charge is 0.322 e. The molecule has 0 radical (unpaired) electrons. The van der Waals surface area contributed by atoms with Crippen molar-refractivity contribution in [2.24, 2.45) is 0 Å². The molecule has 0 bridgehead atoms. The second-order valence-corrected chi connectivity index (χ2v) is 6.14. The van der Waals surface area contributed by atoms with Gasteiger partial charge in [0.05, 0.1) is 5.56 Å². The first-order chi connectivity index (χ1) is 11.7. The highest BCUT2D eigenvalue weighted by atomic mass is 32.2. The first-order valence-corrected chi connectivity index (χ1v) is 8.55. The van der Waals surface area contributed by atoms with E-state index in [1.807, 2.05) is 6.26 Å². The Hall–Kier alpha value is -2.13. The van der Waals surface area contributed by atoms with Gasteiger partial charge in [0.1, 0.15) is 0 Å². The monoisotopic (exact) mass is 386 g/mol. The van der Waals surface area contributed by atoms with Gasteiger partial charge in [-0.1, -0.05) is 6.07 Å². The van der Waals surface area contributed by atoms with Crippen LogP contribution in [0.2, 0.25) is 0 Å². The molecule has 2 aromatic carbocycles. The Morgan fingerprint density at radius 2 is 1.56 bits per heavy atom. The number of benzene rings is 2. The fraction of sp³-hybridized carbons (Fsp3) is 0.125. The zero-order valence-electron chi connectivity index (χ0n) is 12.8. The number of nitrogens with one attached hydrogen (secondary N) is 2. The predicted molar refractivity (Wildman–Crippen MR) is 94.6 cm³/mol. The highest BCUT2D eigenvalue weighted by Crippen LogP contribution is 2.28. The van der Waals surface area contributed by atoms with Crippen molar-refractivity contribution in [3.8, 4) is 0 Å². The summed E-state index contributed by atoms with van der Waals surface area (Å²) in [7, 11) is 0. The molecule has 2 N–H and O–H groups in total. The summed E-state index contributed by atoms with van der Waals surface area (Å²) in [4.78, 5) is 24.6. The molecule has 0 heterocycles. The Kier molecular flexibility index (Phi) is 6.02. The third kappa shape index (κ3) is 4.93. The second kappa shape index (κ2) is 7.83. The van der Waals surface area contributed by atoms with E-state index in [2.05, 4.69) is 17.9 Å². The van der Waals surface area contributed by atoms with Crippen molar-refractivity contribution in [1.29, 1.82) is 0 Å². The van der Waals surface area contributed by atoms with Crippen LogP contribution in [0.5, 0.6) is 0 Å². The van der Waals surface area contributed by atoms with Crippen LogP contribution in [0, 0.1) is 0 Å². The fourth-order valence-corrected chi connectivity index (χ4v) is 3.09. The maximum absolute atomic E-state index is 12.4. The molecule has 0 aliphatic carbocycles. The maximum Gasteiger partial charge on any atom is 0.471 e. The molecule has 2 amide bonds. The number of hydrogen-bond acceptors (Lipinski definition) is 4. The molecular formula is C16H13F3N2O2S2. The number of rotatable bonds is 4. The van der Waals surface area contributed by atoms with Crippen LogP contribution in [0.4, 0.5) is 24.5 Å². The number of amides is 2. The molecule has 2 rings (SSSR count). The minimum Gasteiger partial charge on any atom is -0.322 e. The van der Waals surface area contributed by atoms with Crippen molar-refractivity contribution in [2.75, 3.05) is 16.9 Å². The minimum absolute atomic E-state index is 0.0255. The SMILES string of the molecule is CSc1c(S)cccc1C(=O)Nc1ccc(NC(=O)C(F)(F)F)cc1. The number of carbonyl (C=O) groups is 2. The van der Waals surface area contributed by atoms with Gasteiger partial charge in [0.2, 0.25) is 0 Å². The topological polar surface area (TPSA) is 58.2 Å². The number of thioether (sulfide) groups is 1. The Morgan fingerprint density at radius 3 is 2.08 bits per heavy atom. The maximum atomic E-state index is 12.4. The van der Waals surface area contributed by atoms with E-state index >= 15 is 0 Å². The summed E-state index contributed by atoms with van der Waals surface area (Å²) in [6, 6.07) is 10.4. The number of alkyl halides is 3. The lowest BCUT2D eigenvalue weighted by Crippen LogP contribution is -2.29. The predicted octanol–water partition coefficient (Wildman–Crippen LogP) is 4.45. The van der Waals surface area contributed by atoms with Crippen LogP contribution < -0.4 is 10.6 Å². The quantitative estimate of drug-likeness (QED) is 0.538. The van der Waals surface area contributed by atoms with Gasteiger partial charge in [0.25, 0.3) is 5.91 Å². The Morgan fingerprint density at radius 1 is 1.00 bits per heavy atom. The van der Waals surface area contributed by atoms with E-state index in [1.165, 1.54) is 36.0 Å². The van der Waals surface area contributed by atoms with Gasteiger partial charge in [-0.2, -0.15) is 13.2 Å². The van der Waals surface area contributed by atoms with Gasteiger partial charge in [-0.05, 0) is 42.7 Å². The van der Waals surface area contributed by atoms with E-state index in [0.29, 0.717) is 16.1 Å². The largest absolute Gasteiger partial charge is 0.471 e. The molecule has 0 saturated carbocycles. The number of thiol groups is 1. The summed E-state index contributed by atoms with van der Waals surface area (Å²) in [6.45, 7) is 0. The van der Waals surface area contributed by atoms with Crippen LogP contribution in [0.15, 0.2) is 52.3 Å². The van der Waals surface area contributed by atoms with Gasteiger partial charge in [-0.3, -0.25) is 9.59 Å². The molecule has 0 aliphatic rings. The Balaban J connectivity index is 2.10. The molecule has 0 aromatic heterocycles. The summed E-state index contributed by atoms with van der Waals surface area (Å²) >= 11 is 5.69. The zero-order valence-corrected chi connectivity index (χ0v) is 14.6. The van der Waals surface area contributed by atoms with E-state index in [0.717, 1.165) is 4.90 Å². The summed E-state index contributed by atoms with van der Waals surface area (Å²) in [5.41, 5.74) is 0.795. The lowest BCUT2D eigenvalue weighted by molar-refractivity contribution is -0.167. The highest BCUT2D eigenvalue weighted by Gasteiger charge is 2.38. The molecule has 9 heteroatoms. The van der Waals surface area contributed by atoms with Gasteiger partial charge in [0.15, 0.2) is 0 Å². The van der Waals surface area contributed by atoms with Crippen molar-refractivity contribution in [3.63, 3.8) is 0 Å². The zero-order chi connectivity index (χ0) is 18.6. The molecule has 0 spiro atoms. The molecule has 0 atom stereocenters. The van der Waals surface area contributed by atoms with Gasteiger partial charge in [-0.25, -0.2) is 0 Å². The molecule has 4 nitrogen and oxygen atoms in total. The van der Waals surface area contributed by atoms with Crippen molar-refractivity contribution in [1.82, 2.24) is 0 Å². The second-order valence-electron chi connectivity index (χ2n) is 4.84. The normalized spacial score (nSPS) is 11.1. The fourth-order valence-electron chi connectivity index (χ4n) is 1.96. The molecule has 2 aromatic rings. The van der Waals surface area contributed by atoms with Gasteiger partial charge in [0, 0.05) is 21.2 Å². The van der Waals surface area contributed by atoms with Crippen LogP contribution in [0.3, 0.4) is 0 Å². The summed E-state index contributed by atoms with van der Waals surface area (Å²) in [6.07, 6.45) is -3.14. The van der Waals surface area contributed by atoms with Crippen LogP contribution in [0.25, 0.3) is 0 Å². The first-order valence-electron chi connectivity index (χ1n) is 6.88. The average molecular weight is 386 g/mol. The number of hydrogen-bond donors (Lipinski definition) is 3. The molecular weight excluding hydrogens is 373 g/mol. The number of anilines is 2. The first kappa shape index (κ1) is 19.2. The summed E-state index contributed by atoms with van der Waals surface area (Å²) in [5.74, 6) is -2.42. The third-order valence-electron chi connectivity index (χ3n) is 3.10. The van der Waals surface area contributed by atoms with E-state index < -0.39 is 12.1 Å². The van der Waals surface area contributed by atoms with E-state index in [-0.39, 0.29) is 11.6 Å². The standard InChI is InChI=1S/C16H13F3N2O2S2/c1-25-13-11(3-2-4-12(13)24)14(22)20-9-5-7-10(8-6-9)21-15(23)16(17,18)19/h2-8,24H,1H3,(H,20,22)(H,21,23). The third-order valence-corrected chi connectivity index (χ3v) is 4.47. The van der Waals surface area contributed by atoms with Crippen molar-refractivity contribution >= 4 is 47.6 Å².